The summed E-state index contributed by atoms with van der Waals surface area (Å²) >= 11 is 0. The van der Waals surface area contributed by atoms with Gasteiger partial charge in [0.25, 0.3) is 0 Å². The van der Waals surface area contributed by atoms with Crippen LogP contribution >= 0.6 is 0 Å². The van der Waals surface area contributed by atoms with E-state index in [-0.39, 0.29) is 0 Å². The molecule has 1 aliphatic rings. The molecule has 3 heteroatoms. The van der Waals surface area contributed by atoms with Crippen LogP contribution in [0.5, 0.6) is 0 Å². The molecule has 2 heterocycles. The molecule has 1 saturated heterocycles. The zero-order valence-corrected chi connectivity index (χ0v) is 10.2. The van der Waals surface area contributed by atoms with Gasteiger partial charge in [0.1, 0.15) is 0 Å². The van der Waals surface area contributed by atoms with Crippen LogP contribution < -0.4 is 5.32 Å². The van der Waals surface area contributed by atoms with Crippen LogP contribution in [0.2, 0.25) is 0 Å². The largest absolute Gasteiger partial charge is 0.311 e. The SMILES string of the molecule is CC(C)C1CN(Cc2cccnc2)CCN1. The first-order valence-corrected chi connectivity index (χ1v) is 6.10. The topological polar surface area (TPSA) is 28.2 Å². The lowest BCUT2D eigenvalue weighted by molar-refractivity contribution is 0.168. The van der Waals surface area contributed by atoms with E-state index < -0.39 is 0 Å². The van der Waals surface area contributed by atoms with Crippen molar-refractivity contribution in [2.24, 2.45) is 5.92 Å². The molecule has 0 aliphatic carbocycles. The highest BCUT2D eigenvalue weighted by molar-refractivity contribution is 5.08. The monoisotopic (exact) mass is 219 g/mol. The molecule has 1 aromatic heterocycles. The Morgan fingerprint density at radius 2 is 2.44 bits per heavy atom. The van der Waals surface area contributed by atoms with Crippen LogP contribution in [0.4, 0.5) is 0 Å². The Hall–Kier alpha value is -0.930. The molecule has 1 unspecified atom stereocenters. The Morgan fingerprint density at radius 3 is 3.12 bits per heavy atom. The molecule has 0 radical (unpaired) electrons. The van der Waals surface area contributed by atoms with E-state index in [4.69, 9.17) is 0 Å². The maximum atomic E-state index is 4.16. The standard InChI is InChI=1S/C13H21N3/c1-11(2)13-10-16(7-6-15-13)9-12-4-3-5-14-8-12/h3-5,8,11,13,15H,6-7,9-10H2,1-2H3. The molecule has 1 aliphatic heterocycles. The van der Waals surface area contributed by atoms with Gasteiger partial charge in [-0.25, -0.2) is 0 Å². The van der Waals surface area contributed by atoms with Gasteiger partial charge in [-0.15, -0.1) is 0 Å². The zero-order valence-electron chi connectivity index (χ0n) is 10.2. The second-order valence-corrected chi connectivity index (χ2v) is 4.90. The first kappa shape index (κ1) is 11.6. The van der Waals surface area contributed by atoms with E-state index in [0.29, 0.717) is 12.0 Å². The molecular weight excluding hydrogens is 198 g/mol. The number of rotatable bonds is 3. The van der Waals surface area contributed by atoms with Crippen molar-refractivity contribution < 1.29 is 0 Å². The number of piperazine rings is 1. The molecule has 3 nitrogen and oxygen atoms in total. The van der Waals surface area contributed by atoms with Crippen LogP contribution in [0.3, 0.4) is 0 Å². The van der Waals surface area contributed by atoms with Crippen LogP contribution in [0.15, 0.2) is 24.5 Å². The lowest BCUT2D eigenvalue weighted by atomic mass is 10.0. The number of hydrogen-bond donors (Lipinski definition) is 1. The second kappa shape index (κ2) is 5.41. The van der Waals surface area contributed by atoms with Crippen molar-refractivity contribution >= 4 is 0 Å². The Morgan fingerprint density at radius 1 is 1.56 bits per heavy atom. The predicted molar refractivity (Wildman–Crippen MR) is 66.1 cm³/mol. The van der Waals surface area contributed by atoms with E-state index in [0.717, 1.165) is 26.2 Å². The quantitative estimate of drug-likeness (QED) is 0.835. The third-order valence-electron chi connectivity index (χ3n) is 3.22. The van der Waals surface area contributed by atoms with Crippen molar-refractivity contribution in [1.29, 1.82) is 0 Å². The van der Waals surface area contributed by atoms with E-state index >= 15 is 0 Å². The molecular formula is C13H21N3. The predicted octanol–water partition coefficient (Wildman–Crippen LogP) is 1.51. The normalized spacial score (nSPS) is 22.6. The summed E-state index contributed by atoms with van der Waals surface area (Å²) in [5.41, 5.74) is 1.31. The summed E-state index contributed by atoms with van der Waals surface area (Å²) in [5, 5.41) is 3.58. The smallest absolute Gasteiger partial charge is 0.0312 e. The van der Waals surface area contributed by atoms with Crippen molar-refractivity contribution in [3.8, 4) is 0 Å². The molecule has 2 rings (SSSR count). The lowest BCUT2D eigenvalue weighted by Gasteiger charge is -2.35. The van der Waals surface area contributed by atoms with Crippen molar-refractivity contribution in [2.75, 3.05) is 19.6 Å². The minimum Gasteiger partial charge on any atom is -0.311 e. The van der Waals surface area contributed by atoms with Crippen molar-refractivity contribution in [1.82, 2.24) is 15.2 Å². The minimum atomic E-state index is 0.630. The van der Waals surface area contributed by atoms with Gasteiger partial charge in [-0.2, -0.15) is 0 Å². The average molecular weight is 219 g/mol. The van der Waals surface area contributed by atoms with Gasteiger partial charge >= 0.3 is 0 Å². The summed E-state index contributed by atoms with van der Waals surface area (Å²) in [6.45, 7) is 8.98. The molecule has 16 heavy (non-hydrogen) atoms. The Balaban J connectivity index is 1.90. The number of hydrogen-bond acceptors (Lipinski definition) is 3. The van der Waals surface area contributed by atoms with Crippen LogP contribution in [0.25, 0.3) is 0 Å². The molecule has 0 bridgehead atoms. The Bertz CT molecular complexity index is 310. The van der Waals surface area contributed by atoms with Crippen LogP contribution in [-0.2, 0) is 6.54 Å². The molecule has 0 aromatic carbocycles. The van der Waals surface area contributed by atoms with E-state index in [9.17, 15) is 0 Å². The summed E-state index contributed by atoms with van der Waals surface area (Å²) < 4.78 is 0. The fraction of sp³-hybridized carbons (Fsp3) is 0.615. The van der Waals surface area contributed by atoms with Crippen molar-refractivity contribution in [3.05, 3.63) is 30.1 Å². The fourth-order valence-electron chi connectivity index (χ4n) is 2.18. The maximum Gasteiger partial charge on any atom is 0.0312 e. The second-order valence-electron chi connectivity index (χ2n) is 4.90. The zero-order chi connectivity index (χ0) is 11.4. The highest BCUT2D eigenvalue weighted by Gasteiger charge is 2.21. The van der Waals surface area contributed by atoms with E-state index in [2.05, 4.69) is 35.1 Å². The van der Waals surface area contributed by atoms with Crippen molar-refractivity contribution in [3.63, 3.8) is 0 Å². The molecule has 1 atom stereocenters. The fourth-order valence-corrected chi connectivity index (χ4v) is 2.18. The van der Waals surface area contributed by atoms with E-state index in [1.807, 2.05) is 18.5 Å². The first-order chi connectivity index (χ1) is 7.75. The van der Waals surface area contributed by atoms with Gasteiger partial charge in [-0.1, -0.05) is 19.9 Å². The Kier molecular flexibility index (Phi) is 3.91. The van der Waals surface area contributed by atoms with Gasteiger partial charge in [0.15, 0.2) is 0 Å². The molecule has 0 saturated carbocycles. The molecule has 88 valence electrons. The third kappa shape index (κ3) is 3.03. The maximum absolute atomic E-state index is 4.16. The van der Waals surface area contributed by atoms with Gasteiger partial charge in [-0.05, 0) is 17.5 Å². The summed E-state index contributed by atoms with van der Waals surface area (Å²) in [6.07, 6.45) is 3.80. The van der Waals surface area contributed by atoms with Crippen molar-refractivity contribution in [2.45, 2.75) is 26.4 Å². The van der Waals surface area contributed by atoms with Crippen LogP contribution in [-0.4, -0.2) is 35.6 Å². The van der Waals surface area contributed by atoms with E-state index in [1.54, 1.807) is 0 Å². The molecule has 1 aromatic rings. The molecule has 0 amide bonds. The number of nitrogens with zero attached hydrogens (tertiary/aromatic N) is 2. The van der Waals surface area contributed by atoms with Gasteiger partial charge in [0.2, 0.25) is 0 Å². The highest BCUT2D eigenvalue weighted by Crippen LogP contribution is 2.11. The summed E-state index contributed by atoms with van der Waals surface area (Å²) in [7, 11) is 0. The van der Waals surface area contributed by atoms with E-state index in [1.165, 1.54) is 5.56 Å². The minimum absolute atomic E-state index is 0.630. The van der Waals surface area contributed by atoms with Crippen LogP contribution in [0.1, 0.15) is 19.4 Å². The van der Waals surface area contributed by atoms with Gasteiger partial charge in [0.05, 0.1) is 0 Å². The first-order valence-electron chi connectivity index (χ1n) is 6.10. The number of aromatic nitrogens is 1. The molecule has 0 spiro atoms. The summed E-state index contributed by atoms with van der Waals surface area (Å²) in [6, 6.07) is 4.79. The van der Waals surface area contributed by atoms with Gasteiger partial charge in [0, 0.05) is 44.6 Å². The highest BCUT2D eigenvalue weighted by atomic mass is 15.2. The third-order valence-corrected chi connectivity index (χ3v) is 3.22. The molecule has 1 N–H and O–H groups in total. The van der Waals surface area contributed by atoms with Gasteiger partial charge in [-0.3, -0.25) is 9.88 Å². The number of pyridine rings is 1. The lowest BCUT2D eigenvalue weighted by Crippen LogP contribution is -2.52. The summed E-state index contributed by atoms with van der Waals surface area (Å²) in [4.78, 5) is 6.67. The number of nitrogens with one attached hydrogen (secondary N) is 1. The molecule has 1 fully saturated rings. The Labute approximate surface area is 97.9 Å². The van der Waals surface area contributed by atoms with Gasteiger partial charge < -0.3 is 5.32 Å². The average Bonchev–Trinajstić information content (AvgIpc) is 2.30. The van der Waals surface area contributed by atoms with Crippen LogP contribution in [0, 0.1) is 5.92 Å². The summed E-state index contributed by atoms with van der Waals surface area (Å²) in [5.74, 6) is 0.705.